The first-order valence-electron chi connectivity index (χ1n) is 9.66. The van der Waals surface area contributed by atoms with Crippen LogP contribution >= 0.6 is 22.6 Å². The maximum absolute atomic E-state index is 12.3. The summed E-state index contributed by atoms with van der Waals surface area (Å²) in [6.07, 6.45) is 1.45. The fraction of sp³-hybridized carbons (Fsp3) is 0.0833. The van der Waals surface area contributed by atoms with Gasteiger partial charge in [0.05, 0.1) is 18.3 Å². The van der Waals surface area contributed by atoms with Crippen molar-refractivity contribution < 1.29 is 19.1 Å². The highest BCUT2D eigenvalue weighted by molar-refractivity contribution is 14.1. The second-order valence-electron chi connectivity index (χ2n) is 6.78. The highest BCUT2D eigenvalue weighted by Crippen LogP contribution is 2.17. The van der Waals surface area contributed by atoms with Crippen molar-refractivity contribution in [3.8, 4) is 5.75 Å². The molecule has 0 aromatic heterocycles. The van der Waals surface area contributed by atoms with Crippen LogP contribution in [0.5, 0.6) is 5.75 Å². The Hall–Kier alpha value is -3.53. The molecule has 2 N–H and O–H groups in total. The molecule has 2 amide bonds. The van der Waals surface area contributed by atoms with Crippen molar-refractivity contribution in [2.24, 2.45) is 5.10 Å². The second kappa shape index (κ2) is 11.2. The number of ether oxygens (including phenoxy) is 1. The first-order chi connectivity index (χ1) is 15.4. The predicted octanol–water partition coefficient (Wildman–Crippen LogP) is 3.70. The molecular weight excluding hydrogens is 521 g/mol. The van der Waals surface area contributed by atoms with E-state index in [-0.39, 0.29) is 12.5 Å². The van der Waals surface area contributed by atoms with Crippen molar-refractivity contribution in [1.29, 1.82) is 0 Å². The van der Waals surface area contributed by atoms with Crippen LogP contribution in [0.3, 0.4) is 0 Å². The summed E-state index contributed by atoms with van der Waals surface area (Å²) in [4.78, 5) is 36.1. The number of carbonyl (C=O) groups excluding carboxylic acids is 3. The molecule has 3 aromatic carbocycles. The van der Waals surface area contributed by atoms with Crippen LogP contribution in [0.15, 0.2) is 77.9 Å². The van der Waals surface area contributed by atoms with Crippen molar-refractivity contribution in [3.05, 3.63) is 98.6 Å². The van der Waals surface area contributed by atoms with Crippen LogP contribution in [0.4, 0.5) is 0 Å². The van der Waals surface area contributed by atoms with Crippen molar-refractivity contribution >= 4 is 46.6 Å². The van der Waals surface area contributed by atoms with Gasteiger partial charge in [-0.3, -0.25) is 9.59 Å². The van der Waals surface area contributed by atoms with Crippen LogP contribution in [0.25, 0.3) is 0 Å². The average molecular weight is 541 g/mol. The van der Waals surface area contributed by atoms with E-state index in [1.54, 1.807) is 48.5 Å². The fourth-order valence-electron chi connectivity index (χ4n) is 2.60. The van der Waals surface area contributed by atoms with Gasteiger partial charge in [-0.1, -0.05) is 29.8 Å². The lowest BCUT2D eigenvalue weighted by molar-refractivity contribution is -0.120. The Kier molecular flexibility index (Phi) is 8.09. The largest absolute Gasteiger partial charge is 0.423 e. The molecule has 32 heavy (non-hydrogen) atoms. The molecule has 0 saturated heterocycles. The molecule has 0 saturated carbocycles. The van der Waals surface area contributed by atoms with Crippen molar-refractivity contribution in [3.63, 3.8) is 0 Å². The standard InChI is InChI=1S/C24H20IN3O4/c1-16-6-10-18(11-7-16)23(30)26-15-22(29)28-27-14-17-8-12-19(13-9-17)32-24(31)20-4-2-3-5-21(20)25/h2-14H,15H2,1H3,(H,26,30)(H,28,29)/b27-14+. The van der Waals surface area contributed by atoms with Crippen LogP contribution in [0, 0.1) is 10.5 Å². The monoisotopic (exact) mass is 541 g/mol. The maximum Gasteiger partial charge on any atom is 0.344 e. The van der Waals surface area contributed by atoms with Gasteiger partial charge >= 0.3 is 5.97 Å². The average Bonchev–Trinajstić information content (AvgIpc) is 2.79. The Balaban J connectivity index is 1.45. The summed E-state index contributed by atoms with van der Waals surface area (Å²) >= 11 is 2.08. The topological polar surface area (TPSA) is 96.9 Å². The molecule has 8 heteroatoms. The Bertz CT molecular complexity index is 1140. The minimum Gasteiger partial charge on any atom is -0.423 e. The van der Waals surface area contributed by atoms with Gasteiger partial charge in [0, 0.05) is 9.13 Å². The number of rotatable bonds is 7. The van der Waals surface area contributed by atoms with E-state index in [0.29, 0.717) is 22.4 Å². The highest BCUT2D eigenvalue weighted by atomic mass is 127. The molecule has 162 valence electrons. The second-order valence-corrected chi connectivity index (χ2v) is 7.94. The van der Waals surface area contributed by atoms with Gasteiger partial charge in [-0.25, -0.2) is 10.2 Å². The molecule has 0 radical (unpaired) electrons. The van der Waals surface area contributed by atoms with E-state index < -0.39 is 11.9 Å². The van der Waals surface area contributed by atoms with Crippen LogP contribution < -0.4 is 15.5 Å². The number of halogens is 1. The molecule has 0 bridgehead atoms. The molecule has 0 spiro atoms. The number of nitrogens with zero attached hydrogens (tertiary/aromatic N) is 1. The number of amides is 2. The number of benzene rings is 3. The predicted molar refractivity (Wildman–Crippen MR) is 130 cm³/mol. The Morgan fingerprint density at radius 3 is 2.34 bits per heavy atom. The lowest BCUT2D eigenvalue weighted by Crippen LogP contribution is -2.34. The summed E-state index contributed by atoms with van der Waals surface area (Å²) in [5, 5.41) is 6.41. The Labute approximate surface area is 199 Å². The van der Waals surface area contributed by atoms with E-state index in [4.69, 9.17) is 4.74 Å². The first kappa shape index (κ1) is 23.1. The van der Waals surface area contributed by atoms with Gasteiger partial charge in [0.15, 0.2) is 0 Å². The molecule has 0 atom stereocenters. The molecule has 3 rings (SSSR count). The normalized spacial score (nSPS) is 10.6. The third-order valence-corrected chi connectivity index (χ3v) is 5.25. The summed E-state index contributed by atoms with van der Waals surface area (Å²) in [6, 6.07) is 20.9. The summed E-state index contributed by atoms with van der Waals surface area (Å²) in [7, 11) is 0. The van der Waals surface area contributed by atoms with Gasteiger partial charge in [-0.05, 0) is 83.6 Å². The zero-order chi connectivity index (χ0) is 22.9. The quantitative estimate of drug-likeness (QED) is 0.157. The molecule has 3 aromatic rings. The maximum atomic E-state index is 12.3. The zero-order valence-electron chi connectivity index (χ0n) is 17.2. The van der Waals surface area contributed by atoms with Crippen LogP contribution in [0.1, 0.15) is 31.8 Å². The minimum absolute atomic E-state index is 0.197. The summed E-state index contributed by atoms with van der Waals surface area (Å²) < 4.78 is 6.19. The Morgan fingerprint density at radius 2 is 1.66 bits per heavy atom. The van der Waals surface area contributed by atoms with Gasteiger partial charge in [0.25, 0.3) is 11.8 Å². The molecule has 0 aliphatic heterocycles. The number of hydrogen-bond acceptors (Lipinski definition) is 5. The van der Waals surface area contributed by atoms with E-state index in [1.165, 1.54) is 6.21 Å². The van der Waals surface area contributed by atoms with Crippen molar-refractivity contribution in [2.75, 3.05) is 6.54 Å². The lowest BCUT2D eigenvalue weighted by atomic mass is 10.1. The summed E-state index contributed by atoms with van der Waals surface area (Å²) in [6.45, 7) is 1.73. The van der Waals surface area contributed by atoms with Gasteiger partial charge < -0.3 is 10.1 Å². The van der Waals surface area contributed by atoms with E-state index in [0.717, 1.165) is 9.13 Å². The van der Waals surface area contributed by atoms with Crippen molar-refractivity contribution in [1.82, 2.24) is 10.7 Å². The number of hydrazone groups is 1. The zero-order valence-corrected chi connectivity index (χ0v) is 19.3. The van der Waals surface area contributed by atoms with E-state index in [2.05, 4.69) is 38.4 Å². The molecule has 0 fully saturated rings. The van der Waals surface area contributed by atoms with Gasteiger partial charge in [0.1, 0.15) is 5.75 Å². The van der Waals surface area contributed by atoms with E-state index >= 15 is 0 Å². The summed E-state index contributed by atoms with van der Waals surface area (Å²) in [5.41, 5.74) is 5.07. The molecular formula is C24H20IN3O4. The summed E-state index contributed by atoms with van der Waals surface area (Å²) in [5.74, 6) is -0.824. The molecule has 7 nitrogen and oxygen atoms in total. The van der Waals surface area contributed by atoms with Gasteiger partial charge in [-0.15, -0.1) is 0 Å². The van der Waals surface area contributed by atoms with Gasteiger partial charge in [0.2, 0.25) is 0 Å². The molecule has 0 aliphatic rings. The number of esters is 1. The fourth-order valence-corrected chi connectivity index (χ4v) is 3.20. The van der Waals surface area contributed by atoms with Crippen LogP contribution in [-0.2, 0) is 4.79 Å². The number of aryl methyl sites for hydroxylation is 1. The van der Waals surface area contributed by atoms with Crippen molar-refractivity contribution in [2.45, 2.75) is 6.92 Å². The minimum atomic E-state index is -0.454. The van der Waals surface area contributed by atoms with E-state index in [1.807, 2.05) is 31.2 Å². The SMILES string of the molecule is Cc1ccc(C(=O)NCC(=O)N/N=C/c2ccc(OC(=O)c3ccccc3I)cc2)cc1. The lowest BCUT2D eigenvalue weighted by Gasteiger charge is -2.06. The van der Waals surface area contributed by atoms with Gasteiger partial charge in [-0.2, -0.15) is 5.10 Å². The number of hydrogen-bond donors (Lipinski definition) is 2. The van der Waals surface area contributed by atoms with Crippen LogP contribution in [0.2, 0.25) is 0 Å². The highest BCUT2D eigenvalue weighted by Gasteiger charge is 2.11. The first-order valence-corrected chi connectivity index (χ1v) is 10.7. The number of carbonyl (C=O) groups is 3. The van der Waals surface area contributed by atoms with E-state index in [9.17, 15) is 14.4 Å². The molecule has 0 heterocycles. The smallest absolute Gasteiger partial charge is 0.344 e. The molecule has 0 unspecified atom stereocenters. The van der Waals surface area contributed by atoms with Crippen LogP contribution in [-0.4, -0.2) is 30.5 Å². The number of nitrogens with one attached hydrogen (secondary N) is 2. The Morgan fingerprint density at radius 1 is 0.969 bits per heavy atom. The third kappa shape index (κ3) is 6.74. The third-order valence-electron chi connectivity index (χ3n) is 4.31. The molecule has 0 aliphatic carbocycles.